The normalized spacial score (nSPS) is 11.7. The van der Waals surface area contributed by atoms with Gasteiger partial charge in [-0.3, -0.25) is 4.79 Å². The van der Waals surface area contributed by atoms with E-state index in [-0.39, 0.29) is 13.0 Å². The third kappa shape index (κ3) is 7.77. The molecule has 0 aliphatic carbocycles. The number of carbonyl (C=O) groups is 3. The van der Waals surface area contributed by atoms with Crippen LogP contribution in [0.15, 0.2) is 42.5 Å². The Hall–Kier alpha value is -2.67. The molecule has 1 rings (SSSR count). The first kappa shape index (κ1) is 18.4. The van der Waals surface area contributed by atoms with Gasteiger partial charge in [0.1, 0.15) is 18.5 Å². The summed E-state index contributed by atoms with van der Waals surface area (Å²) in [6, 6.07) is 8.59. The second kappa shape index (κ2) is 10.1. The zero-order chi connectivity index (χ0) is 17.1. The SMILES string of the molecule is COC(=O)/C=C\C(=O)OCC(CC(=O)Oc1ccccc1)OC. The number of carbonyl (C=O) groups excluding carboxylic acids is 3. The van der Waals surface area contributed by atoms with Crippen molar-refractivity contribution in [2.24, 2.45) is 0 Å². The molecule has 124 valence electrons. The molecule has 7 heteroatoms. The topological polar surface area (TPSA) is 88.1 Å². The van der Waals surface area contributed by atoms with Crippen LogP contribution in [0.4, 0.5) is 0 Å². The highest BCUT2D eigenvalue weighted by molar-refractivity contribution is 5.91. The molecule has 0 aromatic heterocycles. The molecular weight excluding hydrogens is 304 g/mol. The minimum absolute atomic E-state index is 0.0839. The molecular formula is C16H18O7. The number of hydrogen-bond acceptors (Lipinski definition) is 7. The molecule has 1 atom stereocenters. The van der Waals surface area contributed by atoms with Gasteiger partial charge in [-0.05, 0) is 12.1 Å². The average molecular weight is 322 g/mol. The van der Waals surface area contributed by atoms with Crippen molar-refractivity contribution < 1.29 is 33.3 Å². The Morgan fingerprint density at radius 1 is 1.04 bits per heavy atom. The molecule has 0 N–H and O–H groups in total. The van der Waals surface area contributed by atoms with Crippen LogP contribution >= 0.6 is 0 Å². The first-order chi connectivity index (χ1) is 11.0. The summed E-state index contributed by atoms with van der Waals surface area (Å²) in [4.78, 5) is 34.0. The number of methoxy groups -OCH3 is 2. The quantitative estimate of drug-likeness (QED) is 0.404. The molecule has 0 radical (unpaired) electrons. The van der Waals surface area contributed by atoms with Crippen molar-refractivity contribution in [2.45, 2.75) is 12.5 Å². The zero-order valence-electron chi connectivity index (χ0n) is 12.9. The minimum Gasteiger partial charge on any atom is -0.466 e. The van der Waals surface area contributed by atoms with Gasteiger partial charge in [0, 0.05) is 19.3 Å². The number of rotatable bonds is 8. The van der Waals surface area contributed by atoms with Gasteiger partial charge in [0.25, 0.3) is 0 Å². The lowest BCUT2D eigenvalue weighted by atomic mass is 10.2. The lowest BCUT2D eigenvalue weighted by Gasteiger charge is -2.14. The molecule has 0 bridgehead atoms. The van der Waals surface area contributed by atoms with Gasteiger partial charge < -0.3 is 18.9 Å². The summed E-state index contributed by atoms with van der Waals surface area (Å²) in [5.41, 5.74) is 0. The van der Waals surface area contributed by atoms with E-state index in [0.29, 0.717) is 5.75 Å². The molecule has 1 aromatic rings. The first-order valence-corrected chi connectivity index (χ1v) is 6.76. The zero-order valence-corrected chi connectivity index (χ0v) is 12.9. The Morgan fingerprint density at radius 3 is 2.30 bits per heavy atom. The highest BCUT2D eigenvalue weighted by atomic mass is 16.6. The standard InChI is InChI=1S/C16H18O7/c1-20-13(11-22-15(18)9-8-14(17)21-2)10-16(19)23-12-6-4-3-5-7-12/h3-9,13H,10-11H2,1-2H3/b9-8-. The second-order valence-corrected chi connectivity index (χ2v) is 4.34. The first-order valence-electron chi connectivity index (χ1n) is 6.76. The van der Waals surface area contributed by atoms with E-state index in [2.05, 4.69) is 4.74 Å². The second-order valence-electron chi connectivity index (χ2n) is 4.34. The molecule has 1 unspecified atom stereocenters. The van der Waals surface area contributed by atoms with Crippen molar-refractivity contribution >= 4 is 17.9 Å². The van der Waals surface area contributed by atoms with Crippen LogP contribution in [0.25, 0.3) is 0 Å². The van der Waals surface area contributed by atoms with Gasteiger partial charge in [0.15, 0.2) is 0 Å². The van der Waals surface area contributed by atoms with Gasteiger partial charge in [-0.1, -0.05) is 18.2 Å². The van der Waals surface area contributed by atoms with E-state index in [9.17, 15) is 14.4 Å². The van der Waals surface area contributed by atoms with Gasteiger partial charge in [-0.15, -0.1) is 0 Å². The van der Waals surface area contributed by atoms with Crippen LogP contribution in [0.5, 0.6) is 5.75 Å². The largest absolute Gasteiger partial charge is 0.466 e. The average Bonchev–Trinajstić information content (AvgIpc) is 2.57. The third-order valence-corrected chi connectivity index (χ3v) is 2.67. The maximum Gasteiger partial charge on any atom is 0.331 e. The summed E-state index contributed by atoms with van der Waals surface area (Å²) in [5, 5.41) is 0. The van der Waals surface area contributed by atoms with Crippen LogP contribution in [0, 0.1) is 0 Å². The summed E-state index contributed by atoms with van der Waals surface area (Å²) in [6.07, 6.45) is 1.13. The fourth-order valence-electron chi connectivity index (χ4n) is 1.49. The predicted molar refractivity (Wildman–Crippen MR) is 79.6 cm³/mol. The Morgan fingerprint density at radius 2 is 1.70 bits per heavy atom. The smallest absolute Gasteiger partial charge is 0.331 e. The number of esters is 3. The highest BCUT2D eigenvalue weighted by Gasteiger charge is 2.17. The van der Waals surface area contributed by atoms with E-state index in [1.54, 1.807) is 30.3 Å². The lowest BCUT2D eigenvalue weighted by Crippen LogP contribution is -2.25. The molecule has 0 heterocycles. The Bertz CT molecular complexity index is 551. The molecule has 0 aliphatic heterocycles. The Balaban J connectivity index is 2.39. The van der Waals surface area contributed by atoms with Crippen LogP contribution < -0.4 is 4.74 Å². The summed E-state index contributed by atoms with van der Waals surface area (Å²) >= 11 is 0. The molecule has 0 spiro atoms. The van der Waals surface area contributed by atoms with E-state index in [0.717, 1.165) is 12.2 Å². The Labute approximate surface area is 133 Å². The van der Waals surface area contributed by atoms with Crippen molar-refractivity contribution in [2.75, 3.05) is 20.8 Å². The van der Waals surface area contributed by atoms with Crippen LogP contribution in [0.1, 0.15) is 6.42 Å². The van der Waals surface area contributed by atoms with Crippen molar-refractivity contribution in [1.82, 2.24) is 0 Å². The van der Waals surface area contributed by atoms with Gasteiger partial charge in [-0.2, -0.15) is 0 Å². The number of benzene rings is 1. The van der Waals surface area contributed by atoms with Gasteiger partial charge >= 0.3 is 17.9 Å². The molecule has 0 aliphatic rings. The highest BCUT2D eigenvalue weighted by Crippen LogP contribution is 2.10. The predicted octanol–water partition coefficient (Wildman–Crippen LogP) is 1.27. The van der Waals surface area contributed by atoms with Gasteiger partial charge in [0.05, 0.1) is 13.5 Å². The van der Waals surface area contributed by atoms with E-state index in [4.69, 9.17) is 14.2 Å². The van der Waals surface area contributed by atoms with Crippen LogP contribution in [-0.4, -0.2) is 44.8 Å². The van der Waals surface area contributed by atoms with Crippen LogP contribution in [-0.2, 0) is 28.6 Å². The van der Waals surface area contributed by atoms with E-state index in [1.807, 2.05) is 0 Å². The van der Waals surface area contributed by atoms with E-state index in [1.165, 1.54) is 14.2 Å². The van der Waals surface area contributed by atoms with E-state index < -0.39 is 24.0 Å². The monoisotopic (exact) mass is 322 g/mol. The number of hydrogen-bond donors (Lipinski definition) is 0. The molecule has 7 nitrogen and oxygen atoms in total. The molecule has 1 aromatic carbocycles. The van der Waals surface area contributed by atoms with Gasteiger partial charge in [-0.25, -0.2) is 9.59 Å². The van der Waals surface area contributed by atoms with Crippen molar-refractivity contribution in [3.05, 3.63) is 42.5 Å². The fourth-order valence-corrected chi connectivity index (χ4v) is 1.49. The molecule has 0 saturated heterocycles. The van der Waals surface area contributed by atoms with Crippen molar-refractivity contribution in [3.8, 4) is 5.75 Å². The van der Waals surface area contributed by atoms with Crippen molar-refractivity contribution in [1.29, 1.82) is 0 Å². The van der Waals surface area contributed by atoms with Crippen molar-refractivity contribution in [3.63, 3.8) is 0 Å². The van der Waals surface area contributed by atoms with E-state index >= 15 is 0 Å². The fraction of sp³-hybridized carbons (Fsp3) is 0.312. The maximum atomic E-state index is 11.8. The molecule has 0 saturated carbocycles. The van der Waals surface area contributed by atoms with Crippen LogP contribution in [0.3, 0.4) is 0 Å². The summed E-state index contributed by atoms with van der Waals surface area (Å²) in [7, 11) is 2.58. The third-order valence-electron chi connectivity index (χ3n) is 2.67. The molecule has 0 amide bonds. The number of ether oxygens (including phenoxy) is 4. The molecule has 0 fully saturated rings. The van der Waals surface area contributed by atoms with Gasteiger partial charge in [0.2, 0.25) is 0 Å². The Kier molecular flexibility index (Phi) is 8.09. The summed E-state index contributed by atoms with van der Waals surface area (Å²) in [5.74, 6) is -1.50. The maximum absolute atomic E-state index is 11.8. The van der Waals surface area contributed by atoms with Crippen LogP contribution in [0.2, 0.25) is 0 Å². The minimum atomic E-state index is -0.742. The summed E-state index contributed by atoms with van der Waals surface area (Å²) < 4.78 is 19.4. The molecule has 23 heavy (non-hydrogen) atoms. The number of para-hydroxylation sites is 1. The summed E-state index contributed by atoms with van der Waals surface area (Å²) in [6.45, 7) is -0.148. The lowest BCUT2D eigenvalue weighted by molar-refractivity contribution is -0.146.